The van der Waals surface area contributed by atoms with Crippen LogP contribution in [0.15, 0.2) is 114 Å². The van der Waals surface area contributed by atoms with Crippen LogP contribution in [0.1, 0.15) is 22.3 Å². The van der Waals surface area contributed by atoms with Gasteiger partial charge in [-0.3, -0.25) is 20.8 Å². The normalized spacial score (nSPS) is 10.7. The highest BCUT2D eigenvalue weighted by molar-refractivity contribution is 6.03. The molecular formula is C32H30N6O. The van der Waals surface area contributed by atoms with Crippen LogP contribution in [-0.4, -0.2) is 34.7 Å². The molecule has 7 nitrogen and oxygen atoms in total. The molecule has 0 saturated carbocycles. The lowest BCUT2D eigenvalue weighted by molar-refractivity contribution is 0.597. The van der Waals surface area contributed by atoms with Crippen LogP contribution in [0.2, 0.25) is 0 Å². The molecule has 0 amide bonds. The van der Waals surface area contributed by atoms with Crippen LogP contribution in [0, 0.1) is 10.8 Å². The molecule has 0 aliphatic rings. The monoisotopic (exact) mass is 514 g/mol. The standard InChI is InChI=1S/C32H30N6O/c33-31(37-19-15-23-7-5-17-35-21-23)27-11-3-1-9-25(27)29-13-14-30(39-29)26-10-2-4-12-28(26)32(34)38-20-16-24-8-6-18-36-22-24/h1-14,17-18,21-22H,15-16,19-20H2,(H2,33,37)(H2,34,38). The van der Waals surface area contributed by atoms with Gasteiger partial charge in [0.05, 0.1) is 0 Å². The summed E-state index contributed by atoms with van der Waals surface area (Å²) in [5.41, 5.74) is 5.45. The molecule has 0 saturated heterocycles. The van der Waals surface area contributed by atoms with Crippen molar-refractivity contribution >= 4 is 11.7 Å². The maximum Gasteiger partial charge on any atom is 0.135 e. The highest BCUT2D eigenvalue weighted by atomic mass is 16.3. The second kappa shape index (κ2) is 12.5. The second-order valence-electron chi connectivity index (χ2n) is 9.08. The number of rotatable bonds is 10. The maximum absolute atomic E-state index is 8.66. The molecule has 0 aliphatic carbocycles. The number of benzene rings is 2. The molecule has 0 radical (unpaired) electrons. The Balaban J connectivity index is 1.29. The van der Waals surface area contributed by atoms with E-state index in [1.807, 2.05) is 97.3 Å². The third-order valence-corrected chi connectivity index (χ3v) is 6.41. The van der Waals surface area contributed by atoms with Gasteiger partial charge in [-0.15, -0.1) is 0 Å². The van der Waals surface area contributed by atoms with E-state index < -0.39 is 0 Å². The Morgan fingerprint density at radius 1 is 0.590 bits per heavy atom. The molecule has 39 heavy (non-hydrogen) atoms. The lowest BCUT2D eigenvalue weighted by atomic mass is 10.0. The van der Waals surface area contributed by atoms with Gasteiger partial charge >= 0.3 is 0 Å². The van der Waals surface area contributed by atoms with Crippen molar-refractivity contribution in [2.24, 2.45) is 0 Å². The van der Waals surface area contributed by atoms with Gasteiger partial charge in [0.25, 0.3) is 0 Å². The molecule has 5 aromatic rings. The van der Waals surface area contributed by atoms with Gasteiger partial charge in [-0.25, -0.2) is 0 Å². The van der Waals surface area contributed by atoms with E-state index in [4.69, 9.17) is 15.2 Å². The zero-order valence-electron chi connectivity index (χ0n) is 21.5. The van der Waals surface area contributed by atoms with Crippen LogP contribution in [0.25, 0.3) is 22.6 Å². The topological polar surface area (TPSA) is 111 Å². The molecule has 5 rings (SSSR count). The predicted molar refractivity (Wildman–Crippen MR) is 155 cm³/mol. The fraction of sp³-hybridized carbons (Fsp3) is 0.125. The first-order valence-electron chi connectivity index (χ1n) is 12.9. The summed E-state index contributed by atoms with van der Waals surface area (Å²) in [6.07, 6.45) is 8.77. The van der Waals surface area contributed by atoms with E-state index in [2.05, 4.69) is 20.6 Å². The smallest absolute Gasteiger partial charge is 0.135 e. The summed E-state index contributed by atoms with van der Waals surface area (Å²) in [6.45, 7) is 1.26. The number of hydrogen-bond acceptors (Lipinski definition) is 5. The van der Waals surface area contributed by atoms with Crippen molar-refractivity contribution in [1.29, 1.82) is 10.8 Å². The third-order valence-electron chi connectivity index (χ3n) is 6.41. The molecule has 0 spiro atoms. The van der Waals surface area contributed by atoms with Crippen molar-refractivity contribution < 1.29 is 4.42 Å². The molecule has 0 unspecified atom stereocenters. The van der Waals surface area contributed by atoms with Crippen molar-refractivity contribution in [3.05, 3.63) is 132 Å². The molecule has 0 aliphatic heterocycles. The molecule has 194 valence electrons. The molecule has 0 bridgehead atoms. The second-order valence-corrected chi connectivity index (χ2v) is 9.08. The molecule has 0 fully saturated rings. The van der Waals surface area contributed by atoms with E-state index >= 15 is 0 Å². The first-order valence-corrected chi connectivity index (χ1v) is 12.9. The van der Waals surface area contributed by atoms with Crippen LogP contribution in [0.5, 0.6) is 0 Å². The number of nitrogens with zero attached hydrogens (tertiary/aromatic N) is 2. The Labute approximate surface area is 228 Å². The molecule has 7 heteroatoms. The van der Waals surface area contributed by atoms with Crippen LogP contribution in [-0.2, 0) is 12.8 Å². The summed E-state index contributed by atoms with van der Waals surface area (Å²) in [7, 11) is 0. The van der Waals surface area contributed by atoms with Crippen LogP contribution >= 0.6 is 0 Å². The van der Waals surface area contributed by atoms with E-state index in [0.717, 1.165) is 46.2 Å². The SMILES string of the molecule is N=C(NCCc1cccnc1)c1ccccc1-c1ccc(-c2ccccc2C(=N)NCCc2cccnc2)o1. The van der Waals surface area contributed by atoms with Crippen molar-refractivity contribution in [3.63, 3.8) is 0 Å². The lowest BCUT2D eigenvalue weighted by Crippen LogP contribution is -2.26. The van der Waals surface area contributed by atoms with Crippen molar-refractivity contribution in [3.8, 4) is 22.6 Å². The van der Waals surface area contributed by atoms with E-state index in [9.17, 15) is 0 Å². The number of furan rings is 1. The van der Waals surface area contributed by atoms with Gasteiger partial charge in [-0.05, 0) is 48.2 Å². The minimum Gasteiger partial charge on any atom is -0.456 e. The minimum absolute atomic E-state index is 0.340. The van der Waals surface area contributed by atoms with Gasteiger partial charge < -0.3 is 15.1 Å². The van der Waals surface area contributed by atoms with Crippen molar-refractivity contribution in [2.45, 2.75) is 12.8 Å². The summed E-state index contributed by atoms with van der Waals surface area (Å²) in [6, 6.07) is 27.3. The zero-order chi connectivity index (χ0) is 26.9. The van der Waals surface area contributed by atoms with Gasteiger partial charge in [0.2, 0.25) is 0 Å². The number of pyridine rings is 2. The number of aromatic nitrogens is 2. The van der Waals surface area contributed by atoms with Gasteiger partial charge in [0, 0.05) is 60.1 Å². The zero-order valence-corrected chi connectivity index (χ0v) is 21.5. The van der Waals surface area contributed by atoms with Crippen LogP contribution < -0.4 is 10.6 Å². The highest BCUT2D eigenvalue weighted by Gasteiger charge is 2.16. The van der Waals surface area contributed by atoms with Gasteiger partial charge in [0.15, 0.2) is 0 Å². The summed E-state index contributed by atoms with van der Waals surface area (Å²) in [4.78, 5) is 8.30. The van der Waals surface area contributed by atoms with E-state index in [-0.39, 0.29) is 0 Å². The summed E-state index contributed by atoms with van der Waals surface area (Å²) < 4.78 is 6.32. The Hall–Kier alpha value is -5.04. The molecule has 0 atom stereocenters. The average molecular weight is 515 g/mol. The van der Waals surface area contributed by atoms with E-state index in [1.54, 1.807) is 12.4 Å². The summed E-state index contributed by atoms with van der Waals surface area (Å²) in [5.74, 6) is 2.02. The van der Waals surface area contributed by atoms with E-state index in [0.29, 0.717) is 36.3 Å². The number of nitrogens with one attached hydrogen (secondary N) is 4. The Kier molecular flexibility index (Phi) is 8.19. The largest absolute Gasteiger partial charge is 0.456 e. The first-order chi connectivity index (χ1) is 19.2. The predicted octanol–water partition coefficient (Wildman–Crippen LogP) is 5.72. The molecule has 3 aromatic heterocycles. The number of amidine groups is 2. The summed E-state index contributed by atoms with van der Waals surface area (Å²) in [5, 5.41) is 23.8. The molecular weight excluding hydrogens is 484 g/mol. The van der Waals surface area contributed by atoms with Gasteiger partial charge in [0.1, 0.15) is 23.2 Å². The van der Waals surface area contributed by atoms with Crippen molar-refractivity contribution in [2.75, 3.05) is 13.1 Å². The van der Waals surface area contributed by atoms with E-state index in [1.165, 1.54) is 0 Å². The average Bonchev–Trinajstić information content (AvgIpc) is 3.48. The van der Waals surface area contributed by atoms with Crippen molar-refractivity contribution in [1.82, 2.24) is 20.6 Å². The quantitative estimate of drug-likeness (QED) is 0.141. The maximum atomic E-state index is 8.66. The minimum atomic E-state index is 0.340. The molecule has 3 heterocycles. The Morgan fingerprint density at radius 2 is 1.05 bits per heavy atom. The molecule has 4 N–H and O–H groups in total. The fourth-order valence-electron chi connectivity index (χ4n) is 4.41. The van der Waals surface area contributed by atoms with Crippen LogP contribution in [0.3, 0.4) is 0 Å². The first kappa shape index (κ1) is 25.6. The van der Waals surface area contributed by atoms with Gasteiger partial charge in [-0.1, -0.05) is 60.7 Å². The fourth-order valence-corrected chi connectivity index (χ4v) is 4.41. The Morgan fingerprint density at radius 3 is 1.49 bits per heavy atom. The number of hydrogen-bond donors (Lipinski definition) is 4. The lowest BCUT2D eigenvalue weighted by Gasteiger charge is -2.12. The molecule has 2 aromatic carbocycles. The third kappa shape index (κ3) is 6.45. The van der Waals surface area contributed by atoms with Crippen LogP contribution in [0.4, 0.5) is 0 Å². The van der Waals surface area contributed by atoms with Gasteiger partial charge in [-0.2, -0.15) is 0 Å². The highest BCUT2D eigenvalue weighted by Crippen LogP contribution is 2.32. The Bertz CT molecular complexity index is 1430. The summed E-state index contributed by atoms with van der Waals surface area (Å²) >= 11 is 0.